The number of rotatable bonds is 7. The van der Waals surface area contributed by atoms with Crippen LogP contribution >= 0.6 is 34.5 Å². The lowest BCUT2D eigenvalue weighted by molar-refractivity contribution is 0.103. The second kappa shape index (κ2) is 9.56. The SMILES string of the molecule is Cc1ccc(Cn2cc(Cl)c(NC(=O)c3cc(COc4cccc(Cl)c4)cs3)n2)cc1. The van der Waals surface area contributed by atoms with Gasteiger partial charge in [0.1, 0.15) is 17.4 Å². The molecule has 0 saturated heterocycles. The number of aryl methyl sites for hydroxylation is 1. The summed E-state index contributed by atoms with van der Waals surface area (Å²) in [5, 5.41) is 10.1. The van der Waals surface area contributed by atoms with Crippen molar-refractivity contribution < 1.29 is 9.53 Å². The molecule has 1 N–H and O–H groups in total. The van der Waals surface area contributed by atoms with Crippen LogP contribution in [0.1, 0.15) is 26.4 Å². The Hall–Kier alpha value is -2.80. The van der Waals surface area contributed by atoms with E-state index in [9.17, 15) is 4.79 Å². The van der Waals surface area contributed by atoms with E-state index in [0.29, 0.717) is 39.6 Å². The van der Waals surface area contributed by atoms with Gasteiger partial charge in [-0.2, -0.15) is 5.10 Å². The predicted octanol–water partition coefficient (Wildman–Crippen LogP) is 6.44. The van der Waals surface area contributed by atoms with Gasteiger partial charge >= 0.3 is 0 Å². The number of nitrogens with one attached hydrogen (secondary N) is 1. The molecule has 0 saturated carbocycles. The quantitative estimate of drug-likeness (QED) is 0.337. The number of carbonyl (C=O) groups excluding carboxylic acids is 1. The van der Waals surface area contributed by atoms with E-state index in [-0.39, 0.29) is 5.91 Å². The number of aromatic nitrogens is 2. The Bertz CT molecular complexity index is 1200. The highest BCUT2D eigenvalue weighted by Gasteiger charge is 2.15. The van der Waals surface area contributed by atoms with Gasteiger partial charge in [-0.25, -0.2) is 0 Å². The Morgan fingerprint density at radius 3 is 2.71 bits per heavy atom. The van der Waals surface area contributed by atoms with Crippen LogP contribution in [0, 0.1) is 6.92 Å². The van der Waals surface area contributed by atoms with Gasteiger partial charge in [0.15, 0.2) is 5.82 Å². The number of amides is 1. The van der Waals surface area contributed by atoms with Gasteiger partial charge in [0.2, 0.25) is 0 Å². The molecule has 31 heavy (non-hydrogen) atoms. The molecule has 0 bridgehead atoms. The fourth-order valence-electron chi connectivity index (χ4n) is 2.91. The zero-order valence-electron chi connectivity index (χ0n) is 16.6. The topological polar surface area (TPSA) is 56.2 Å². The normalized spacial score (nSPS) is 10.8. The van der Waals surface area contributed by atoms with Gasteiger partial charge in [-0.3, -0.25) is 9.48 Å². The Morgan fingerprint density at radius 2 is 1.94 bits per heavy atom. The first kappa shape index (κ1) is 21.4. The smallest absolute Gasteiger partial charge is 0.266 e. The summed E-state index contributed by atoms with van der Waals surface area (Å²) in [6.45, 7) is 2.96. The third-order valence-corrected chi connectivity index (χ3v) is 5.98. The predicted molar refractivity (Wildman–Crippen MR) is 126 cm³/mol. The number of benzene rings is 2. The Morgan fingerprint density at radius 1 is 1.13 bits per heavy atom. The first-order valence-corrected chi connectivity index (χ1v) is 11.2. The van der Waals surface area contributed by atoms with E-state index in [0.717, 1.165) is 11.1 Å². The third-order valence-electron chi connectivity index (χ3n) is 4.49. The van der Waals surface area contributed by atoms with Gasteiger partial charge in [-0.1, -0.05) is 59.1 Å². The molecule has 2 heterocycles. The van der Waals surface area contributed by atoms with E-state index in [2.05, 4.69) is 10.4 Å². The highest BCUT2D eigenvalue weighted by atomic mass is 35.5. The van der Waals surface area contributed by atoms with Crippen LogP contribution in [0.4, 0.5) is 5.82 Å². The van der Waals surface area contributed by atoms with Crippen LogP contribution in [0.2, 0.25) is 10.0 Å². The van der Waals surface area contributed by atoms with Crippen molar-refractivity contribution in [3.8, 4) is 5.75 Å². The van der Waals surface area contributed by atoms with Crippen LogP contribution < -0.4 is 10.1 Å². The Kier molecular flexibility index (Phi) is 6.61. The minimum Gasteiger partial charge on any atom is -0.489 e. The monoisotopic (exact) mass is 471 g/mol. The van der Waals surface area contributed by atoms with Crippen molar-refractivity contribution in [2.24, 2.45) is 0 Å². The summed E-state index contributed by atoms with van der Waals surface area (Å²) in [5.74, 6) is 0.751. The van der Waals surface area contributed by atoms with E-state index in [4.69, 9.17) is 27.9 Å². The van der Waals surface area contributed by atoms with Crippen LogP contribution in [-0.4, -0.2) is 15.7 Å². The van der Waals surface area contributed by atoms with Gasteiger partial charge < -0.3 is 10.1 Å². The molecule has 2 aromatic carbocycles. The van der Waals surface area contributed by atoms with E-state index >= 15 is 0 Å². The van der Waals surface area contributed by atoms with Gasteiger partial charge in [-0.15, -0.1) is 11.3 Å². The molecule has 1 amide bonds. The molecule has 8 heteroatoms. The Balaban J connectivity index is 1.37. The highest BCUT2D eigenvalue weighted by molar-refractivity contribution is 7.12. The Labute approximate surface area is 194 Å². The first-order valence-electron chi connectivity index (χ1n) is 9.52. The number of thiophene rings is 1. The first-order chi connectivity index (χ1) is 15.0. The van der Waals surface area contributed by atoms with E-state index < -0.39 is 0 Å². The summed E-state index contributed by atoms with van der Waals surface area (Å²) in [5.41, 5.74) is 3.19. The molecule has 0 aliphatic rings. The fraction of sp³-hybridized carbons (Fsp3) is 0.130. The van der Waals surface area contributed by atoms with Crippen LogP contribution in [0.3, 0.4) is 0 Å². The molecule has 0 fully saturated rings. The lowest BCUT2D eigenvalue weighted by Crippen LogP contribution is -2.11. The number of hydrogen-bond donors (Lipinski definition) is 1. The molecule has 2 aromatic heterocycles. The standard InChI is InChI=1S/C23H19Cl2N3O2S/c1-15-5-7-16(8-6-15)11-28-12-20(25)22(27-28)26-23(29)21-9-17(14-31-21)13-30-19-4-2-3-18(24)10-19/h2-10,12,14H,11,13H2,1H3,(H,26,27,29). The van der Waals surface area contributed by atoms with Crippen LogP contribution in [0.25, 0.3) is 0 Å². The number of nitrogens with zero attached hydrogens (tertiary/aromatic N) is 2. The van der Waals surface area contributed by atoms with Crippen molar-refractivity contribution in [3.05, 3.63) is 97.8 Å². The molecule has 4 aromatic rings. The molecular formula is C23H19Cl2N3O2S. The second-order valence-electron chi connectivity index (χ2n) is 7.03. The van der Waals surface area contributed by atoms with E-state index in [1.165, 1.54) is 16.9 Å². The average molecular weight is 472 g/mol. The van der Waals surface area contributed by atoms with Crippen LogP contribution in [0.15, 0.2) is 66.2 Å². The zero-order valence-corrected chi connectivity index (χ0v) is 19.0. The number of halogens is 2. The summed E-state index contributed by atoms with van der Waals surface area (Å²) >= 11 is 13.6. The molecule has 0 atom stereocenters. The summed E-state index contributed by atoms with van der Waals surface area (Å²) in [6.07, 6.45) is 1.70. The van der Waals surface area contributed by atoms with Crippen molar-refractivity contribution in [3.63, 3.8) is 0 Å². The molecule has 158 valence electrons. The van der Waals surface area contributed by atoms with Crippen LogP contribution in [-0.2, 0) is 13.2 Å². The summed E-state index contributed by atoms with van der Waals surface area (Å²) < 4.78 is 7.43. The minimum atomic E-state index is -0.263. The number of hydrogen-bond acceptors (Lipinski definition) is 4. The van der Waals surface area contributed by atoms with Gasteiger partial charge in [0, 0.05) is 16.8 Å². The maximum Gasteiger partial charge on any atom is 0.266 e. The number of anilines is 1. The van der Waals surface area contributed by atoms with Crippen LogP contribution in [0.5, 0.6) is 5.75 Å². The summed E-state index contributed by atoms with van der Waals surface area (Å²) in [7, 11) is 0. The van der Waals surface area contributed by atoms with E-state index in [1.54, 1.807) is 29.1 Å². The van der Waals surface area contributed by atoms with E-state index in [1.807, 2.05) is 48.7 Å². The zero-order chi connectivity index (χ0) is 21.8. The van der Waals surface area contributed by atoms with Crippen molar-refractivity contribution >= 4 is 46.3 Å². The number of ether oxygens (including phenoxy) is 1. The van der Waals surface area contributed by atoms with Crippen molar-refractivity contribution in [2.45, 2.75) is 20.1 Å². The molecule has 0 unspecified atom stereocenters. The fourth-order valence-corrected chi connectivity index (χ4v) is 4.08. The number of carbonyl (C=O) groups is 1. The molecular weight excluding hydrogens is 453 g/mol. The molecule has 4 rings (SSSR count). The maximum absolute atomic E-state index is 12.6. The van der Waals surface area contributed by atoms with Crippen molar-refractivity contribution in [1.29, 1.82) is 0 Å². The lowest BCUT2D eigenvalue weighted by Gasteiger charge is -2.04. The maximum atomic E-state index is 12.6. The minimum absolute atomic E-state index is 0.263. The second-order valence-corrected chi connectivity index (χ2v) is 8.78. The van der Waals surface area contributed by atoms with Crippen molar-refractivity contribution in [2.75, 3.05) is 5.32 Å². The largest absolute Gasteiger partial charge is 0.489 e. The van der Waals surface area contributed by atoms with Gasteiger partial charge in [0.25, 0.3) is 5.91 Å². The van der Waals surface area contributed by atoms with Gasteiger partial charge in [0.05, 0.1) is 11.4 Å². The third kappa shape index (κ3) is 5.67. The molecule has 0 aliphatic carbocycles. The van der Waals surface area contributed by atoms with Gasteiger partial charge in [-0.05, 0) is 42.1 Å². The average Bonchev–Trinajstić information content (AvgIpc) is 3.35. The summed E-state index contributed by atoms with van der Waals surface area (Å²) in [6, 6.07) is 17.2. The molecule has 5 nitrogen and oxygen atoms in total. The lowest BCUT2D eigenvalue weighted by atomic mass is 10.1. The summed E-state index contributed by atoms with van der Waals surface area (Å²) in [4.78, 5) is 13.2. The molecule has 0 spiro atoms. The van der Waals surface area contributed by atoms with Crippen molar-refractivity contribution in [1.82, 2.24) is 9.78 Å². The highest BCUT2D eigenvalue weighted by Crippen LogP contribution is 2.24. The molecule has 0 radical (unpaired) electrons. The molecule has 0 aliphatic heterocycles.